The molecule has 0 atom stereocenters. The monoisotopic (exact) mass is 192 g/mol. The van der Waals surface area contributed by atoms with Crippen LogP contribution in [0.25, 0.3) is 10.1 Å². The number of hydrogen-bond donors (Lipinski definition) is 1. The van der Waals surface area contributed by atoms with Crippen molar-refractivity contribution in [3.05, 3.63) is 34.7 Å². The fraction of sp³-hybridized carbons (Fsp3) is 0.273. The Labute approximate surface area is 81.6 Å². The molecular formula is C11H12OS. The molecule has 2 aromatic rings. The lowest BCUT2D eigenvalue weighted by Crippen LogP contribution is -1.84. The standard InChI is InChI=1S/C11H12OS/c1-8-2-3-9-7-10(4-5-12)13-11(9)6-8/h2-3,6-7,12H,4-5H2,1H3. The van der Waals surface area contributed by atoms with Crippen molar-refractivity contribution in [3.8, 4) is 0 Å². The molecule has 0 aliphatic rings. The number of aliphatic hydroxyl groups excluding tert-OH is 1. The van der Waals surface area contributed by atoms with E-state index in [0.717, 1.165) is 6.42 Å². The molecule has 0 amide bonds. The molecule has 0 aliphatic carbocycles. The second-order valence-electron chi connectivity index (χ2n) is 3.23. The quantitative estimate of drug-likeness (QED) is 0.775. The second kappa shape index (κ2) is 3.48. The molecule has 1 N–H and O–H groups in total. The SMILES string of the molecule is Cc1ccc2cc(CCO)sc2c1. The molecular weight excluding hydrogens is 180 g/mol. The molecule has 2 heteroatoms. The molecule has 1 nitrogen and oxygen atoms in total. The van der Waals surface area contributed by atoms with Gasteiger partial charge < -0.3 is 5.11 Å². The van der Waals surface area contributed by atoms with Crippen LogP contribution in [0.15, 0.2) is 24.3 Å². The highest BCUT2D eigenvalue weighted by Crippen LogP contribution is 2.26. The van der Waals surface area contributed by atoms with Gasteiger partial charge in [-0.15, -0.1) is 11.3 Å². The third kappa shape index (κ3) is 1.74. The lowest BCUT2D eigenvalue weighted by molar-refractivity contribution is 0.300. The van der Waals surface area contributed by atoms with Crippen LogP contribution in [-0.4, -0.2) is 11.7 Å². The molecule has 0 unspecified atom stereocenters. The van der Waals surface area contributed by atoms with E-state index >= 15 is 0 Å². The van der Waals surface area contributed by atoms with Crippen LogP contribution < -0.4 is 0 Å². The summed E-state index contributed by atoms with van der Waals surface area (Å²) in [5.74, 6) is 0. The third-order valence-electron chi connectivity index (χ3n) is 2.08. The van der Waals surface area contributed by atoms with Gasteiger partial charge in [0.25, 0.3) is 0 Å². The Kier molecular flexibility index (Phi) is 2.34. The largest absolute Gasteiger partial charge is 0.396 e. The molecule has 0 bridgehead atoms. The number of benzene rings is 1. The maximum Gasteiger partial charge on any atom is 0.0479 e. The van der Waals surface area contributed by atoms with Crippen molar-refractivity contribution >= 4 is 21.4 Å². The van der Waals surface area contributed by atoms with Crippen LogP contribution in [-0.2, 0) is 6.42 Å². The molecule has 13 heavy (non-hydrogen) atoms. The minimum Gasteiger partial charge on any atom is -0.396 e. The van der Waals surface area contributed by atoms with Crippen LogP contribution in [0.3, 0.4) is 0 Å². The van der Waals surface area contributed by atoms with E-state index < -0.39 is 0 Å². The van der Waals surface area contributed by atoms with Gasteiger partial charge in [-0.1, -0.05) is 12.1 Å². The Balaban J connectivity index is 2.49. The minimum atomic E-state index is 0.242. The highest BCUT2D eigenvalue weighted by Gasteiger charge is 2.00. The molecule has 1 aromatic heterocycles. The number of hydrogen-bond acceptors (Lipinski definition) is 2. The summed E-state index contributed by atoms with van der Waals surface area (Å²) in [6.45, 7) is 2.34. The Bertz CT molecular complexity index is 417. The maximum atomic E-state index is 8.81. The molecule has 0 radical (unpaired) electrons. The Morgan fingerprint density at radius 2 is 2.15 bits per heavy atom. The summed E-state index contributed by atoms with van der Waals surface area (Å²) in [4.78, 5) is 1.27. The van der Waals surface area contributed by atoms with E-state index in [9.17, 15) is 0 Å². The highest BCUT2D eigenvalue weighted by molar-refractivity contribution is 7.19. The van der Waals surface area contributed by atoms with Gasteiger partial charge in [0, 0.05) is 22.6 Å². The van der Waals surface area contributed by atoms with Crippen LogP contribution >= 0.6 is 11.3 Å². The van der Waals surface area contributed by atoms with Crippen molar-refractivity contribution in [3.63, 3.8) is 0 Å². The average molecular weight is 192 g/mol. The summed E-state index contributed by atoms with van der Waals surface area (Å²) in [5, 5.41) is 10.1. The first-order chi connectivity index (χ1) is 6.29. The predicted molar refractivity (Wildman–Crippen MR) is 57.4 cm³/mol. The van der Waals surface area contributed by atoms with Crippen molar-refractivity contribution in [1.29, 1.82) is 0 Å². The van der Waals surface area contributed by atoms with E-state index in [2.05, 4.69) is 31.2 Å². The first kappa shape index (κ1) is 8.73. The molecule has 1 aromatic carbocycles. The van der Waals surface area contributed by atoms with Crippen LogP contribution in [0.2, 0.25) is 0 Å². The molecule has 1 heterocycles. The van der Waals surface area contributed by atoms with Crippen molar-refractivity contribution in [2.75, 3.05) is 6.61 Å². The third-order valence-corrected chi connectivity index (χ3v) is 3.24. The number of thiophene rings is 1. The zero-order valence-corrected chi connectivity index (χ0v) is 8.40. The first-order valence-corrected chi connectivity index (χ1v) is 5.21. The van der Waals surface area contributed by atoms with E-state index in [4.69, 9.17) is 5.11 Å². The Hall–Kier alpha value is -0.860. The minimum absolute atomic E-state index is 0.242. The van der Waals surface area contributed by atoms with Crippen LogP contribution in [0, 0.1) is 6.92 Å². The maximum absolute atomic E-state index is 8.81. The van der Waals surface area contributed by atoms with Gasteiger partial charge in [-0.3, -0.25) is 0 Å². The number of fused-ring (bicyclic) bond motifs is 1. The summed E-state index contributed by atoms with van der Waals surface area (Å²) >= 11 is 1.78. The van der Waals surface area contributed by atoms with Crippen molar-refractivity contribution < 1.29 is 5.11 Å². The molecule has 0 aliphatic heterocycles. The van der Waals surface area contributed by atoms with E-state index in [1.54, 1.807) is 11.3 Å². The van der Waals surface area contributed by atoms with Crippen molar-refractivity contribution in [2.45, 2.75) is 13.3 Å². The topological polar surface area (TPSA) is 20.2 Å². The summed E-state index contributed by atoms with van der Waals surface area (Å²) in [7, 11) is 0. The Morgan fingerprint density at radius 1 is 1.31 bits per heavy atom. The van der Waals surface area contributed by atoms with Crippen LogP contribution in [0.1, 0.15) is 10.4 Å². The van der Waals surface area contributed by atoms with Crippen LogP contribution in [0.5, 0.6) is 0 Å². The zero-order chi connectivity index (χ0) is 9.26. The predicted octanol–water partition coefficient (Wildman–Crippen LogP) is 2.74. The molecule has 2 rings (SSSR count). The lowest BCUT2D eigenvalue weighted by Gasteiger charge is -1.90. The van der Waals surface area contributed by atoms with E-state index in [1.807, 2.05) is 0 Å². The number of aliphatic hydroxyl groups is 1. The molecule has 0 fully saturated rings. The first-order valence-electron chi connectivity index (χ1n) is 4.39. The Morgan fingerprint density at radius 3 is 2.92 bits per heavy atom. The lowest BCUT2D eigenvalue weighted by atomic mass is 10.2. The molecule has 68 valence electrons. The fourth-order valence-corrected chi connectivity index (χ4v) is 2.58. The summed E-state index contributed by atoms with van der Waals surface area (Å²) in [6.07, 6.45) is 0.776. The summed E-state index contributed by atoms with van der Waals surface area (Å²) in [5.41, 5.74) is 1.30. The normalized spacial score (nSPS) is 10.9. The second-order valence-corrected chi connectivity index (χ2v) is 4.40. The molecule has 0 saturated heterocycles. The van der Waals surface area contributed by atoms with Crippen LogP contribution in [0.4, 0.5) is 0 Å². The smallest absolute Gasteiger partial charge is 0.0479 e. The highest BCUT2D eigenvalue weighted by atomic mass is 32.1. The van der Waals surface area contributed by atoms with Gasteiger partial charge in [-0.25, -0.2) is 0 Å². The summed E-state index contributed by atoms with van der Waals surface area (Å²) in [6, 6.07) is 8.62. The number of aryl methyl sites for hydroxylation is 1. The van der Waals surface area contributed by atoms with Gasteiger partial charge in [0.2, 0.25) is 0 Å². The fourth-order valence-electron chi connectivity index (χ4n) is 1.43. The van der Waals surface area contributed by atoms with Gasteiger partial charge >= 0.3 is 0 Å². The van der Waals surface area contributed by atoms with E-state index in [0.29, 0.717) is 0 Å². The van der Waals surface area contributed by atoms with E-state index in [-0.39, 0.29) is 6.61 Å². The van der Waals surface area contributed by atoms with Crippen molar-refractivity contribution in [2.24, 2.45) is 0 Å². The van der Waals surface area contributed by atoms with Crippen molar-refractivity contribution in [1.82, 2.24) is 0 Å². The van der Waals surface area contributed by atoms with Gasteiger partial charge in [-0.2, -0.15) is 0 Å². The van der Waals surface area contributed by atoms with Gasteiger partial charge in [0.15, 0.2) is 0 Å². The van der Waals surface area contributed by atoms with Gasteiger partial charge in [-0.05, 0) is 30.0 Å². The zero-order valence-electron chi connectivity index (χ0n) is 7.58. The number of rotatable bonds is 2. The summed E-state index contributed by atoms with van der Waals surface area (Å²) < 4.78 is 1.32. The van der Waals surface area contributed by atoms with Gasteiger partial charge in [0.05, 0.1) is 0 Å². The molecule has 0 saturated carbocycles. The van der Waals surface area contributed by atoms with E-state index in [1.165, 1.54) is 20.5 Å². The molecule has 0 spiro atoms. The van der Waals surface area contributed by atoms with Gasteiger partial charge in [0.1, 0.15) is 0 Å². The average Bonchev–Trinajstić information content (AvgIpc) is 2.46.